The van der Waals surface area contributed by atoms with Crippen molar-refractivity contribution in [2.75, 3.05) is 0 Å². The van der Waals surface area contributed by atoms with Gasteiger partial charge in [-0.3, -0.25) is 0 Å². The number of aromatic hydroxyl groups is 4. The molecule has 0 aromatic heterocycles. The topological polar surface area (TPSA) is 109 Å². The normalized spacial score (nSPS) is 13.8. The summed E-state index contributed by atoms with van der Waals surface area (Å²) in [6.07, 6.45) is 1.42. The summed E-state index contributed by atoms with van der Waals surface area (Å²) < 4.78 is 0. The van der Waals surface area contributed by atoms with Crippen LogP contribution in [-0.4, -0.2) is 20.4 Å². The number of halogens is 1. The molecular weight excluding hydrogens is 788 g/mol. The van der Waals surface area contributed by atoms with Crippen LogP contribution in [0.3, 0.4) is 0 Å². The highest BCUT2D eigenvalue weighted by Gasteiger charge is 2.31. The molecule has 0 amide bonds. The zero-order chi connectivity index (χ0) is 45.4. The molecule has 1 aliphatic rings. The van der Waals surface area contributed by atoms with Gasteiger partial charge in [0.2, 0.25) is 5.39 Å². The number of benzene rings is 5. The molecule has 7 heteroatoms. The zero-order valence-electron chi connectivity index (χ0n) is 39.9. The number of nitrogens with zero attached hydrogens (tertiary/aromatic N) is 2. The Bertz CT molecular complexity index is 2420. The number of hydrogen-bond donors (Lipinski definition) is 4. The average molecular weight is 858 g/mol. The third-order valence-electron chi connectivity index (χ3n) is 12.7. The molecule has 5 aromatic rings. The summed E-state index contributed by atoms with van der Waals surface area (Å²) in [4.78, 5) is 3.94. The smallest absolute Gasteiger partial charge is 0.392 e. The fourth-order valence-electron chi connectivity index (χ4n) is 8.47. The Kier molecular flexibility index (Phi) is 12.9. The summed E-state index contributed by atoms with van der Waals surface area (Å²) in [5, 5.41) is 60.0. The standard InChI is InChI=1S/C55H68N2O4.ClH/c1-51(2,3)41-21-31-16-33-23-42(52(4,5)6)25-35(47(33)58)18-37-27-44(54(10,11)12)29-39(49(37)60)20-40-30-45(55(13,14)15)28-38(50(40)61)19-36-26-43(53(7,8)9)24-34(48(36)59)17-32(22-41)46(31)57-56;/h21-30H,16-20H2,1-15H3,(H3-,58,59,60,61);1H. The molecule has 62 heavy (non-hydrogen) atoms. The van der Waals surface area contributed by atoms with Crippen LogP contribution in [0.25, 0.3) is 4.98 Å². The largest absolute Gasteiger partial charge is 1.00 e. The number of phenolic OH excluding ortho intramolecular Hbond substituents is 4. The first kappa shape index (κ1) is 48.0. The molecule has 0 fully saturated rings. The summed E-state index contributed by atoms with van der Waals surface area (Å²) in [6, 6.07) is 20.6. The van der Waals surface area contributed by atoms with E-state index in [0.29, 0.717) is 63.0 Å². The Hall–Kier alpha value is -4.99. The van der Waals surface area contributed by atoms with E-state index in [0.717, 1.165) is 38.9 Å². The van der Waals surface area contributed by atoms with Gasteiger partial charge in [-0.05, 0) is 112 Å². The fourth-order valence-corrected chi connectivity index (χ4v) is 8.47. The average Bonchev–Trinajstić information content (AvgIpc) is 3.11. The maximum absolute atomic E-state index is 12.3. The van der Waals surface area contributed by atoms with Crippen LogP contribution in [0.1, 0.15) is 187 Å². The maximum Gasteiger partial charge on any atom is 0.392 e. The van der Waals surface area contributed by atoms with Crippen LogP contribution >= 0.6 is 0 Å². The molecule has 0 saturated carbocycles. The molecule has 4 N–H and O–H groups in total. The minimum absolute atomic E-state index is 0. The zero-order valence-corrected chi connectivity index (χ0v) is 40.6. The molecule has 1 aliphatic carbocycles. The Balaban J connectivity index is 0.00000726. The molecule has 0 radical (unpaired) electrons. The molecule has 6 nitrogen and oxygen atoms in total. The predicted molar refractivity (Wildman–Crippen MR) is 251 cm³/mol. The van der Waals surface area contributed by atoms with Gasteiger partial charge in [-0.15, -0.1) is 0 Å². The van der Waals surface area contributed by atoms with E-state index in [1.807, 2.05) is 0 Å². The van der Waals surface area contributed by atoms with Gasteiger partial charge >= 0.3 is 5.69 Å². The number of hydrogen-bond acceptors (Lipinski definition) is 5. The third-order valence-corrected chi connectivity index (χ3v) is 12.7. The lowest BCUT2D eigenvalue weighted by molar-refractivity contribution is -0.0000185. The van der Waals surface area contributed by atoms with Crippen molar-refractivity contribution < 1.29 is 32.8 Å². The van der Waals surface area contributed by atoms with Crippen LogP contribution in [0.2, 0.25) is 0 Å². The number of rotatable bonds is 0. The highest BCUT2D eigenvalue weighted by Crippen LogP contribution is 2.44. The maximum atomic E-state index is 12.3. The molecule has 5 aromatic carbocycles. The molecule has 10 bridgehead atoms. The van der Waals surface area contributed by atoms with E-state index in [4.69, 9.17) is 0 Å². The van der Waals surface area contributed by atoms with Crippen LogP contribution in [0.15, 0.2) is 60.7 Å². The number of diazo groups is 1. The van der Waals surface area contributed by atoms with Crippen LogP contribution < -0.4 is 12.4 Å². The first-order valence-corrected chi connectivity index (χ1v) is 21.9. The fraction of sp³-hybridized carbons (Fsp3) is 0.455. The van der Waals surface area contributed by atoms with E-state index in [1.54, 1.807) is 0 Å². The van der Waals surface area contributed by atoms with Crippen molar-refractivity contribution in [3.8, 4) is 23.0 Å². The molecule has 6 rings (SSSR count). The van der Waals surface area contributed by atoms with E-state index in [-0.39, 0.29) is 81.7 Å². The van der Waals surface area contributed by atoms with Crippen molar-refractivity contribution in [2.24, 2.45) is 0 Å². The monoisotopic (exact) mass is 856 g/mol. The quantitative estimate of drug-likeness (QED) is 0.114. The summed E-state index contributed by atoms with van der Waals surface area (Å²) in [5.41, 5.74) is 11.3. The van der Waals surface area contributed by atoms with Crippen molar-refractivity contribution in [3.63, 3.8) is 0 Å². The molecule has 0 atom stereocenters. The van der Waals surface area contributed by atoms with Crippen molar-refractivity contribution in [1.82, 2.24) is 0 Å². The van der Waals surface area contributed by atoms with Crippen molar-refractivity contribution >= 4 is 5.69 Å². The van der Waals surface area contributed by atoms with E-state index >= 15 is 0 Å². The number of fused-ring (bicyclic) bond motifs is 10. The summed E-state index contributed by atoms with van der Waals surface area (Å²) in [6.45, 7) is 32.3. The second kappa shape index (κ2) is 16.6. The van der Waals surface area contributed by atoms with Gasteiger partial charge in [0.1, 0.15) is 23.0 Å². The van der Waals surface area contributed by atoms with Gasteiger partial charge in [0, 0.05) is 32.1 Å². The lowest BCUT2D eigenvalue weighted by Crippen LogP contribution is -3.00. The first-order chi connectivity index (χ1) is 27.9. The van der Waals surface area contributed by atoms with E-state index in [9.17, 15) is 25.8 Å². The lowest BCUT2D eigenvalue weighted by atomic mass is 9.79. The van der Waals surface area contributed by atoms with Gasteiger partial charge < -0.3 is 32.8 Å². The van der Waals surface area contributed by atoms with E-state index in [1.165, 1.54) is 0 Å². The molecule has 0 spiro atoms. The summed E-state index contributed by atoms with van der Waals surface area (Å²) in [7, 11) is 0. The first-order valence-electron chi connectivity index (χ1n) is 21.9. The van der Waals surface area contributed by atoms with Crippen LogP contribution in [-0.2, 0) is 59.2 Å². The van der Waals surface area contributed by atoms with E-state index < -0.39 is 0 Å². The highest BCUT2D eigenvalue weighted by atomic mass is 35.5. The van der Waals surface area contributed by atoms with Gasteiger partial charge in [-0.2, -0.15) is 0 Å². The second-order valence-electron chi connectivity index (χ2n) is 22.9. The molecule has 0 saturated heterocycles. The Morgan fingerprint density at radius 2 is 0.468 bits per heavy atom. The summed E-state index contributed by atoms with van der Waals surface area (Å²) >= 11 is 0. The molecular formula is C55H69ClN2O4. The second-order valence-corrected chi connectivity index (χ2v) is 22.9. The van der Waals surface area contributed by atoms with Crippen LogP contribution in [0.5, 0.6) is 23.0 Å². The van der Waals surface area contributed by atoms with Crippen molar-refractivity contribution in [1.29, 1.82) is 5.39 Å². The molecule has 0 heterocycles. The highest BCUT2D eigenvalue weighted by molar-refractivity contribution is 5.65. The van der Waals surface area contributed by atoms with Gasteiger partial charge in [-0.25, -0.2) is 0 Å². The van der Waals surface area contributed by atoms with Gasteiger partial charge in [0.25, 0.3) is 0 Å². The Morgan fingerprint density at radius 1 is 0.323 bits per heavy atom. The van der Waals surface area contributed by atoms with Crippen molar-refractivity contribution in [2.45, 2.75) is 163 Å². The van der Waals surface area contributed by atoms with Gasteiger partial charge in [0.05, 0.1) is 11.1 Å². The minimum Gasteiger partial charge on any atom is -1.00 e. The molecule has 330 valence electrons. The Morgan fingerprint density at radius 3 is 0.613 bits per heavy atom. The van der Waals surface area contributed by atoms with Gasteiger partial charge in [-0.1, -0.05) is 152 Å². The van der Waals surface area contributed by atoms with Crippen LogP contribution in [0, 0.1) is 5.39 Å². The Labute approximate surface area is 377 Å². The van der Waals surface area contributed by atoms with Crippen LogP contribution in [0.4, 0.5) is 5.69 Å². The van der Waals surface area contributed by atoms with Crippen molar-refractivity contribution in [3.05, 3.63) is 149 Å². The number of phenols is 4. The third kappa shape index (κ3) is 9.95. The van der Waals surface area contributed by atoms with E-state index in [2.05, 4.69) is 169 Å². The molecule has 0 aliphatic heterocycles. The SMILES string of the molecule is CC(C)(C)c1cc2c(O)c(c1)Cc1cc(C(C)(C)C)cc(c1O)Cc1cc(C(C)(C)C)cc(c1[N+]#N)Cc1cc(C(C)(C)C)cc(c1O)Cc1cc(C(C)(C)C)cc(c1O)C2.[Cl-]. The lowest BCUT2D eigenvalue weighted by Gasteiger charge is -2.26. The summed E-state index contributed by atoms with van der Waals surface area (Å²) in [5.74, 6) is 0.541. The minimum atomic E-state index is -0.271. The molecule has 0 unspecified atom stereocenters. The predicted octanol–water partition coefficient (Wildman–Crippen LogP) is 10.8. The van der Waals surface area contributed by atoms with Gasteiger partial charge in [0.15, 0.2) is 4.98 Å².